The molecule has 0 aliphatic rings. The molecule has 0 aromatic carbocycles. The summed E-state index contributed by atoms with van der Waals surface area (Å²) >= 11 is 0. The van der Waals surface area contributed by atoms with Crippen LogP contribution in [0.4, 0.5) is 0 Å². The van der Waals surface area contributed by atoms with Crippen molar-refractivity contribution in [2.75, 3.05) is 7.11 Å². The molecule has 0 saturated heterocycles. The van der Waals surface area contributed by atoms with E-state index in [4.69, 9.17) is 0 Å². The summed E-state index contributed by atoms with van der Waals surface area (Å²) in [6.45, 7) is 1.46. The molecule has 0 spiro atoms. The summed E-state index contributed by atoms with van der Waals surface area (Å²) in [4.78, 5) is 4.24. The van der Waals surface area contributed by atoms with Gasteiger partial charge in [0.2, 0.25) is 0 Å². The Morgan fingerprint density at radius 2 is 2.33 bits per heavy atom. The van der Waals surface area contributed by atoms with E-state index >= 15 is 0 Å². The second-order valence-corrected chi connectivity index (χ2v) is 0.964. The van der Waals surface area contributed by atoms with Crippen LogP contribution in [0.2, 0.25) is 0 Å². The van der Waals surface area contributed by atoms with Crippen LogP contribution in [0, 0.1) is 0 Å². The molecule has 1 unspecified atom stereocenters. The predicted molar refractivity (Wildman–Crippen MR) is 20.3 cm³/mol. The molecule has 3 nitrogen and oxygen atoms in total. The molecule has 1 radical (unpaired) electrons. The number of hydrogen-bond donors (Lipinski definition) is 1. The molecule has 6 heavy (non-hydrogen) atoms. The lowest BCUT2D eigenvalue weighted by atomic mass is 10.7. The van der Waals surface area contributed by atoms with Crippen LogP contribution >= 0.6 is 0 Å². The van der Waals surface area contributed by atoms with Crippen molar-refractivity contribution in [2.24, 2.45) is 0 Å². The van der Waals surface area contributed by atoms with Crippen molar-refractivity contribution in [1.29, 1.82) is 0 Å². The second kappa shape index (κ2) is 3.08. The molecule has 3 heteroatoms. The average Bonchev–Trinajstić information content (AvgIpc) is 1.35. The maximum Gasteiger partial charge on any atom is 0.162 e. The molecule has 0 saturated carbocycles. The summed E-state index contributed by atoms with van der Waals surface area (Å²) in [6, 6.07) is 0. The van der Waals surface area contributed by atoms with Crippen LogP contribution in [0.15, 0.2) is 0 Å². The molecule has 0 aliphatic heterocycles. The Labute approximate surface area is 36.9 Å². The highest BCUT2D eigenvalue weighted by atomic mass is 16.7. The molecule has 0 bridgehead atoms. The van der Waals surface area contributed by atoms with Gasteiger partial charge in [-0.3, -0.25) is 0 Å². The normalized spacial score (nSPS) is 14.5. The van der Waals surface area contributed by atoms with Gasteiger partial charge in [0, 0.05) is 0 Å². The molecule has 0 amide bonds. The van der Waals surface area contributed by atoms with Crippen molar-refractivity contribution in [1.82, 2.24) is 5.48 Å². The zero-order valence-corrected chi connectivity index (χ0v) is 3.89. The zero-order chi connectivity index (χ0) is 4.99. The fraction of sp³-hybridized carbons (Fsp3) is 1.00. The lowest BCUT2D eigenvalue weighted by Gasteiger charge is -1.97. The fourth-order valence-corrected chi connectivity index (χ4v) is 0.166. The van der Waals surface area contributed by atoms with E-state index in [0.29, 0.717) is 0 Å². The van der Waals surface area contributed by atoms with E-state index in [2.05, 4.69) is 10.3 Å². The van der Waals surface area contributed by atoms with Crippen molar-refractivity contribution in [3.8, 4) is 0 Å². The Morgan fingerprint density at radius 1 is 1.83 bits per heavy atom. The first-order valence-electron chi connectivity index (χ1n) is 1.71. The van der Waals surface area contributed by atoms with E-state index in [9.17, 15) is 5.11 Å². The fourth-order valence-electron chi connectivity index (χ4n) is 0.166. The molecule has 1 N–H and O–H groups in total. The summed E-state index contributed by atoms with van der Waals surface area (Å²) in [6.07, 6.45) is -0.824. The van der Waals surface area contributed by atoms with Crippen LogP contribution in [-0.2, 0) is 9.94 Å². The third kappa shape index (κ3) is 3.88. The van der Waals surface area contributed by atoms with Gasteiger partial charge in [0.1, 0.15) is 0 Å². The van der Waals surface area contributed by atoms with Gasteiger partial charge in [0.15, 0.2) is 6.23 Å². The van der Waals surface area contributed by atoms with Gasteiger partial charge in [-0.1, -0.05) is 0 Å². The predicted octanol–water partition coefficient (Wildman–Crippen LogP) is -0.0861. The SMILES string of the molecule is CONC(C)[O]. The monoisotopic (exact) mass is 90.1 g/mol. The van der Waals surface area contributed by atoms with E-state index in [-0.39, 0.29) is 0 Å². The van der Waals surface area contributed by atoms with Crippen molar-refractivity contribution < 1.29 is 9.94 Å². The Morgan fingerprint density at radius 3 is 2.33 bits per heavy atom. The molecule has 0 rings (SSSR count). The number of hydroxylamine groups is 1. The molecular weight excluding hydrogens is 82.0 g/mol. The van der Waals surface area contributed by atoms with Gasteiger partial charge in [-0.15, -0.1) is 0 Å². The third-order valence-corrected chi connectivity index (χ3v) is 0.284. The topological polar surface area (TPSA) is 41.2 Å². The highest BCUT2D eigenvalue weighted by molar-refractivity contribution is 4.21. The van der Waals surface area contributed by atoms with Crippen molar-refractivity contribution >= 4 is 0 Å². The van der Waals surface area contributed by atoms with Gasteiger partial charge in [0.05, 0.1) is 7.11 Å². The summed E-state index contributed by atoms with van der Waals surface area (Å²) in [5.41, 5.74) is 2.15. The first-order chi connectivity index (χ1) is 2.77. The molecular formula is C3H8NO2. The molecule has 0 aromatic rings. The van der Waals surface area contributed by atoms with Gasteiger partial charge in [0.25, 0.3) is 0 Å². The van der Waals surface area contributed by atoms with Crippen LogP contribution in [0.25, 0.3) is 0 Å². The van der Waals surface area contributed by atoms with Gasteiger partial charge in [-0.05, 0) is 6.92 Å². The summed E-state index contributed by atoms with van der Waals surface area (Å²) in [5.74, 6) is 0. The first kappa shape index (κ1) is 5.88. The van der Waals surface area contributed by atoms with Gasteiger partial charge in [-0.2, -0.15) is 5.48 Å². The highest BCUT2D eigenvalue weighted by Crippen LogP contribution is 1.67. The van der Waals surface area contributed by atoms with E-state index in [1.54, 1.807) is 0 Å². The molecule has 37 valence electrons. The van der Waals surface area contributed by atoms with Crippen LogP contribution in [0.1, 0.15) is 6.92 Å². The van der Waals surface area contributed by atoms with Crippen LogP contribution in [0.5, 0.6) is 0 Å². The number of hydrogen-bond acceptors (Lipinski definition) is 2. The average molecular weight is 90.1 g/mol. The lowest BCUT2D eigenvalue weighted by Crippen LogP contribution is -2.22. The van der Waals surface area contributed by atoms with E-state index in [1.807, 2.05) is 0 Å². The highest BCUT2D eigenvalue weighted by Gasteiger charge is 1.87. The quantitative estimate of drug-likeness (QED) is 0.380. The Hall–Kier alpha value is -0.120. The van der Waals surface area contributed by atoms with E-state index in [0.717, 1.165) is 0 Å². The van der Waals surface area contributed by atoms with Crippen LogP contribution in [-0.4, -0.2) is 13.3 Å². The maximum absolute atomic E-state index is 9.89. The summed E-state index contributed by atoms with van der Waals surface area (Å²) in [7, 11) is 1.41. The van der Waals surface area contributed by atoms with E-state index in [1.165, 1.54) is 14.0 Å². The second-order valence-electron chi connectivity index (χ2n) is 0.964. The van der Waals surface area contributed by atoms with Crippen molar-refractivity contribution in [3.05, 3.63) is 0 Å². The molecule has 1 atom stereocenters. The number of rotatable bonds is 2. The van der Waals surface area contributed by atoms with Crippen LogP contribution < -0.4 is 5.48 Å². The van der Waals surface area contributed by atoms with Crippen molar-refractivity contribution in [3.63, 3.8) is 0 Å². The Bertz CT molecular complexity index is 30.0. The Kier molecular flexibility index (Phi) is 3.02. The van der Waals surface area contributed by atoms with Gasteiger partial charge < -0.3 is 4.84 Å². The van der Waals surface area contributed by atoms with Crippen molar-refractivity contribution in [2.45, 2.75) is 13.2 Å². The smallest absolute Gasteiger partial charge is 0.162 e. The number of nitrogens with one attached hydrogen (secondary N) is 1. The van der Waals surface area contributed by atoms with E-state index < -0.39 is 6.23 Å². The Balaban J connectivity index is 2.63. The van der Waals surface area contributed by atoms with Crippen LogP contribution in [0.3, 0.4) is 0 Å². The largest absolute Gasteiger partial charge is 0.303 e. The lowest BCUT2D eigenvalue weighted by molar-refractivity contribution is -0.0549. The first-order valence-corrected chi connectivity index (χ1v) is 1.71. The minimum atomic E-state index is -0.824. The zero-order valence-electron chi connectivity index (χ0n) is 3.89. The van der Waals surface area contributed by atoms with Gasteiger partial charge >= 0.3 is 0 Å². The maximum atomic E-state index is 9.89. The molecule has 0 heterocycles. The minimum absolute atomic E-state index is 0.824. The standard InChI is InChI=1S/C3H8NO2/c1-3(5)4-6-2/h3-4H,1-2H3. The summed E-state index contributed by atoms with van der Waals surface area (Å²) in [5, 5.41) is 9.89. The minimum Gasteiger partial charge on any atom is -0.303 e. The van der Waals surface area contributed by atoms with Gasteiger partial charge in [-0.25, -0.2) is 5.11 Å². The third-order valence-electron chi connectivity index (χ3n) is 0.284. The molecule has 0 aliphatic carbocycles. The molecule has 0 fully saturated rings. The molecule has 0 aromatic heterocycles. The summed E-state index contributed by atoms with van der Waals surface area (Å²) < 4.78 is 0.